The van der Waals surface area contributed by atoms with Gasteiger partial charge >= 0.3 is 7.75 Å². The maximum atomic E-state index is 10.7. The highest BCUT2D eigenvalue weighted by Gasteiger charge is 2.09. The van der Waals surface area contributed by atoms with Gasteiger partial charge in [-0.05, 0) is 6.42 Å². The minimum atomic E-state index is -4.02. The van der Waals surface area contributed by atoms with Crippen molar-refractivity contribution in [1.82, 2.24) is 5.09 Å². The molecule has 0 atom stereocenters. The van der Waals surface area contributed by atoms with E-state index in [9.17, 15) is 4.57 Å². The van der Waals surface area contributed by atoms with Gasteiger partial charge in [-0.15, -0.1) is 0 Å². The van der Waals surface area contributed by atoms with E-state index in [0.29, 0.717) is 6.54 Å². The van der Waals surface area contributed by atoms with Crippen LogP contribution in [-0.4, -0.2) is 16.3 Å². The van der Waals surface area contributed by atoms with Gasteiger partial charge in [0.15, 0.2) is 0 Å². The summed E-state index contributed by atoms with van der Waals surface area (Å²) in [5.41, 5.74) is 0. The summed E-state index contributed by atoms with van der Waals surface area (Å²) in [6.45, 7) is 2.71. The van der Waals surface area contributed by atoms with Gasteiger partial charge < -0.3 is 9.79 Å². The van der Waals surface area contributed by atoms with Crippen LogP contribution in [0.2, 0.25) is 0 Å². The van der Waals surface area contributed by atoms with Crippen LogP contribution in [0.25, 0.3) is 0 Å². The van der Waals surface area contributed by atoms with Crippen LogP contribution < -0.4 is 5.09 Å². The average molecular weight is 476 g/mol. The van der Waals surface area contributed by atoms with Crippen LogP contribution >= 0.6 is 7.75 Å². The van der Waals surface area contributed by atoms with Crippen LogP contribution in [0, 0.1) is 0 Å². The van der Waals surface area contributed by atoms with Crippen molar-refractivity contribution in [3.63, 3.8) is 0 Å². The highest BCUT2D eigenvalue weighted by atomic mass is 31.2. The van der Waals surface area contributed by atoms with Gasteiger partial charge in [0.25, 0.3) is 0 Å². The Hall–Kier alpha value is 0.110. The Morgan fingerprint density at radius 3 is 0.875 bits per heavy atom. The molecule has 0 aromatic rings. The summed E-state index contributed by atoms with van der Waals surface area (Å²) in [5.74, 6) is 0. The fraction of sp³-hybridized carbons (Fsp3) is 1.00. The number of unbranched alkanes of at least 4 members (excludes halogenated alkanes) is 24. The average Bonchev–Trinajstić information content (AvgIpc) is 2.75. The normalized spacial score (nSPS) is 12.0. The van der Waals surface area contributed by atoms with Gasteiger partial charge in [-0.3, -0.25) is 0 Å². The van der Waals surface area contributed by atoms with Crippen LogP contribution in [0.3, 0.4) is 0 Å². The SMILES string of the molecule is CCCCCCCCCCCCCCCCCCCCCCCCCCCNP(=O)(O)O. The lowest BCUT2D eigenvalue weighted by molar-refractivity contribution is 0.356. The first-order valence-electron chi connectivity index (χ1n) is 14.4. The lowest BCUT2D eigenvalue weighted by Gasteiger charge is -2.06. The molecule has 0 fully saturated rings. The minimum absolute atomic E-state index is 0.420. The third kappa shape index (κ3) is 30.1. The molecular weight excluding hydrogens is 417 g/mol. The molecule has 0 saturated carbocycles. The summed E-state index contributed by atoms with van der Waals surface area (Å²) in [5, 5.41) is 2.26. The maximum absolute atomic E-state index is 10.7. The van der Waals surface area contributed by atoms with Crippen LogP contribution in [0.4, 0.5) is 0 Å². The van der Waals surface area contributed by atoms with Crippen molar-refractivity contribution in [2.24, 2.45) is 0 Å². The first-order valence-corrected chi connectivity index (χ1v) is 16.0. The fourth-order valence-corrected chi connectivity index (χ4v) is 4.94. The Labute approximate surface area is 201 Å². The van der Waals surface area contributed by atoms with Gasteiger partial charge in [-0.2, -0.15) is 0 Å². The van der Waals surface area contributed by atoms with E-state index < -0.39 is 7.75 Å². The molecule has 0 bridgehead atoms. The molecule has 4 nitrogen and oxygen atoms in total. The predicted octanol–water partition coefficient (Wildman–Crippen LogP) is 9.44. The second kappa shape index (κ2) is 25.7. The zero-order valence-electron chi connectivity index (χ0n) is 21.6. The van der Waals surface area contributed by atoms with E-state index in [2.05, 4.69) is 12.0 Å². The topological polar surface area (TPSA) is 69.6 Å². The van der Waals surface area contributed by atoms with Crippen molar-refractivity contribution >= 4 is 7.75 Å². The molecular formula is C27H58NO3P. The summed E-state index contributed by atoms with van der Waals surface area (Å²) >= 11 is 0. The molecule has 5 heteroatoms. The largest absolute Gasteiger partial charge is 0.400 e. The second-order valence-corrected chi connectivity index (χ2v) is 11.3. The van der Waals surface area contributed by atoms with Crippen LogP contribution in [0.5, 0.6) is 0 Å². The summed E-state index contributed by atoms with van der Waals surface area (Å²) < 4.78 is 10.7. The fourth-order valence-electron chi connectivity index (χ4n) is 4.49. The molecule has 0 radical (unpaired) electrons. The highest BCUT2D eigenvalue weighted by molar-refractivity contribution is 7.49. The zero-order valence-corrected chi connectivity index (χ0v) is 22.5. The Morgan fingerprint density at radius 2 is 0.656 bits per heavy atom. The summed E-state index contributed by atoms with van der Waals surface area (Å²) in [6, 6.07) is 0. The maximum Gasteiger partial charge on any atom is 0.400 e. The quantitative estimate of drug-likeness (QED) is 0.0817. The van der Waals surface area contributed by atoms with E-state index in [4.69, 9.17) is 9.79 Å². The number of hydrogen-bond donors (Lipinski definition) is 3. The van der Waals surface area contributed by atoms with Crippen molar-refractivity contribution in [2.75, 3.05) is 6.54 Å². The van der Waals surface area contributed by atoms with E-state index in [-0.39, 0.29) is 0 Å². The summed E-state index contributed by atoms with van der Waals surface area (Å²) in [6.07, 6.45) is 34.3. The summed E-state index contributed by atoms with van der Waals surface area (Å²) in [7, 11) is -4.02. The van der Waals surface area contributed by atoms with E-state index >= 15 is 0 Å². The lowest BCUT2D eigenvalue weighted by atomic mass is 10.0. The highest BCUT2D eigenvalue weighted by Crippen LogP contribution is 2.27. The van der Waals surface area contributed by atoms with E-state index in [0.717, 1.165) is 12.8 Å². The van der Waals surface area contributed by atoms with Crippen LogP contribution in [-0.2, 0) is 4.57 Å². The third-order valence-electron chi connectivity index (χ3n) is 6.60. The van der Waals surface area contributed by atoms with E-state index in [1.165, 1.54) is 148 Å². The van der Waals surface area contributed by atoms with Crippen molar-refractivity contribution in [1.29, 1.82) is 0 Å². The van der Waals surface area contributed by atoms with Crippen molar-refractivity contribution < 1.29 is 14.4 Å². The lowest BCUT2D eigenvalue weighted by Crippen LogP contribution is -2.10. The molecule has 0 saturated heterocycles. The molecule has 0 heterocycles. The molecule has 0 aliphatic heterocycles. The number of hydrogen-bond acceptors (Lipinski definition) is 1. The van der Waals surface area contributed by atoms with Crippen molar-refractivity contribution in [3.8, 4) is 0 Å². The van der Waals surface area contributed by atoms with Gasteiger partial charge in [0, 0.05) is 6.54 Å². The summed E-state index contributed by atoms with van der Waals surface area (Å²) in [4.78, 5) is 17.4. The Bertz CT molecular complexity index is 400. The van der Waals surface area contributed by atoms with Gasteiger partial charge in [-0.1, -0.05) is 161 Å². The van der Waals surface area contributed by atoms with Crippen LogP contribution in [0.15, 0.2) is 0 Å². The molecule has 0 unspecified atom stereocenters. The van der Waals surface area contributed by atoms with E-state index in [1.54, 1.807) is 0 Å². The molecule has 0 rings (SSSR count). The Kier molecular flexibility index (Phi) is 25.8. The molecule has 0 spiro atoms. The Morgan fingerprint density at radius 1 is 0.438 bits per heavy atom. The number of rotatable bonds is 27. The molecule has 0 aromatic heterocycles. The van der Waals surface area contributed by atoms with Crippen molar-refractivity contribution in [2.45, 2.75) is 167 Å². The van der Waals surface area contributed by atoms with Gasteiger partial charge in [-0.25, -0.2) is 9.65 Å². The Balaban J connectivity index is 3.03. The molecule has 0 aliphatic carbocycles. The molecule has 0 amide bonds. The third-order valence-corrected chi connectivity index (χ3v) is 7.23. The first-order chi connectivity index (χ1) is 15.6. The minimum Gasteiger partial charge on any atom is -0.313 e. The van der Waals surface area contributed by atoms with Crippen molar-refractivity contribution in [3.05, 3.63) is 0 Å². The van der Waals surface area contributed by atoms with E-state index in [1.807, 2.05) is 0 Å². The predicted molar refractivity (Wildman–Crippen MR) is 141 cm³/mol. The second-order valence-electron chi connectivity index (χ2n) is 9.94. The standard InChI is InChI=1S/C27H58NO3P/c1-2-3-4-5-6-7-8-9-10-11-12-13-14-15-16-17-18-19-20-21-22-23-24-25-26-27-28-32(29,30)31/h2-27H2,1H3,(H3,28,29,30,31). The molecule has 0 aliphatic rings. The molecule has 3 N–H and O–H groups in total. The molecule has 194 valence electrons. The van der Waals surface area contributed by atoms with Crippen LogP contribution in [0.1, 0.15) is 167 Å². The van der Waals surface area contributed by atoms with Gasteiger partial charge in [0.2, 0.25) is 0 Å². The molecule has 0 aromatic carbocycles. The van der Waals surface area contributed by atoms with Gasteiger partial charge in [0.05, 0.1) is 0 Å². The zero-order chi connectivity index (χ0) is 23.6. The monoisotopic (exact) mass is 475 g/mol. The smallest absolute Gasteiger partial charge is 0.313 e. The van der Waals surface area contributed by atoms with Gasteiger partial charge in [0.1, 0.15) is 0 Å². The first kappa shape index (κ1) is 32.1. The number of nitrogens with one attached hydrogen (secondary N) is 1. The molecule has 32 heavy (non-hydrogen) atoms.